The zero-order valence-electron chi connectivity index (χ0n) is 24.7. The van der Waals surface area contributed by atoms with Crippen LogP contribution in [0.4, 0.5) is 0 Å². The van der Waals surface area contributed by atoms with E-state index in [4.69, 9.17) is 4.74 Å². The predicted molar refractivity (Wildman–Crippen MR) is 162 cm³/mol. The van der Waals surface area contributed by atoms with Crippen molar-refractivity contribution in [3.63, 3.8) is 0 Å². The fourth-order valence-electron chi connectivity index (χ4n) is 6.00. The molecule has 1 unspecified atom stereocenters. The maximum Gasteiger partial charge on any atom is 0.342 e. The molecule has 0 aliphatic carbocycles. The number of likely N-dealkylation sites (N-methyl/N-ethyl adjacent to an activating group) is 1. The molecule has 210 valence electrons. The number of pyridine rings is 1. The molecule has 1 aliphatic heterocycles. The monoisotopic (exact) mass is 538 g/mol. The summed E-state index contributed by atoms with van der Waals surface area (Å²) in [6.07, 6.45) is 10.00. The first-order valence-electron chi connectivity index (χ1n) is 15.0. The molecule has 2 aromatic heterocycles. The minimum absolute atomic E-state index is 0.229. The molecule has 0 saturated heterocycles. The number of aromatic nitrogens is 2. The number of hydrogen-bond donors (Lipinski definition) is 0. The fourth-order valence-corrected chi connectivity index (χ4v) is 6.00. The molecular formula is C35H44N3O2+. The Morgan fingerprint density at radius 3 is 2.52 bits per heavy atom. The first-order valence-corrected chi connectivity index (χ1v) is 15.0. The van der Waals surface area contributed by atoms with Gasteiger partial charge in [-0.3, -0.25) is 9.47 Å². The van der Waals surface area contributed by atoms with Crippen LogP contribution >= 0.6 is 0 Å². The first kappa shape index (κ1) is 28.1. The number of unbranched alkanes of at least 4 members (excludes halogenated alkanes) is 3. The van der Waals surface area contributed by atoms with Gasteiger partial charge < -0.3 is 9.30 Å². The third-order valence-corrected chi connectivity index (χ3v) is 8.48. The van der Waals surface area contributed by atoms with Crippen LogP contribution in [0.5, 0.6) is 0 Å². The summed E-state index contributed by atoms with van der Waals surface area (Å²) in [5.41, 5.74) is 9.65. The number of benzene rings is 2. The third kappa shape index (κ3) is 6.47. The highest BCUT2D eigenvalue weighted by Crippen LogP contribution is 2.34. The van der Waals surface area contributed by atoms with Crippen molar-refractivity contribution < 1.29 is 14.0 Å². The standard InChI is InChI=1S/C35H44N3O2/c1-5-6-7-8-9-28-13-15-30(16-14-28)35(39)40-25-38(4)21-19-34-32(24-38)31-22-26(2)10-17-33(31)37(34)20-18-29-12-11-27(3)36-23-29/h10-17,22-23H,5-9,18-21,24-25H2,1-4H3/q+1. The number of quaternary nitrogens is 1. The molecule has 0 radical (unpaired) electrons. The molecule has 40 heavy (non-hydrogen) atoms. The molecular weight excluding hydrogens is 494 g/mol. The zero-order chi connectivity index (χ0) is 28.1. The van der Waals surface area contributed by atoms with Crippen LogP contribution in [0, 0.1) is 13.8 Å². The van der Waals surface area contributed by atoms with Gasteiger partial charge in [-0.2, -0.15) is 0 Å². The van der Waals surface area contributed by atoms with Crippen molar-refractivity contribution >= 4 is 16.9 Å². The van der Waals surface area contributed by atoms with Crippen LogP contribution in [0.15, 0.2) is 60.8 Å². The number of nitrogens with zero attached hydrogens (tertiary/aromatic N) is 3. The van der Waals surface area contributed by atoms with E-state index in [1.165, 1.54) is 64.5 Å². The Bertz CT molecular complexity index is 1450. The largest absolute Gasteiger partial charge is 0.411 e. The Morgan fingerprint density at radius 1 is 0.975 bits per heavy atom. The number of rotatable bonds is 11. The number of aryl methyl sites for hydroxylation is 5. The van der Waals surface area contributed by atoms with E-state index >= 15 is 0 Å². The molecule has 1 aliphatic rings. The van der Waals surface area contributed by atoms with Gasteiger partial charge in [0.05, 0.1) is 19.2 Å². The molecule has 0 spiro atoms. The first-order chi connectivity index (χ1) is 19.3. The summed E-state index contributed by atoms with van der Waals surface area (Å²) in [6.45, 7) is 9.54. The highest BCUT2D eigenvalue weighted by Gasteiger charge is 2.34. The van der Waals surface area contributed by atoms with Crippen molar-refractivity contribution in [3.05, 3.63) is 100.0 Å². The minimum atomic E-state index is -0.229. The van der Waals surface area contributed by atoms with E-state index < -0.39 is 0 Å². The zero-order valence-corrected chi connectivity index (χ0v) is 24.7. The van der Waals surface area contributed by atoms with Crippen LogP contribution < -0.4 is 0 Å². The summed E-state index contributed by atoms with van der Waals surface area (Å²) in [4.78, 5) is 17.4. The third-order valence-electron chi connectivity index (χ3n) is 8.48. The molecule has 0 N–H and O–H groups in total. The van der Waals surface area contributed by atoms with E-state index in [1.54, 1.807) is 0 Å². The van der Waals surface area contributed by atoms with Crippen LogP contribution in [0.1, 0.15) is 76.6 Å². The lowest BCUT2D eigenvalue weighted by molar-refractivity contribution is -0.939. The van der Waals surface area contributed by atoms with Gasteiger partial charge in [0.15, 0.2) is 0 Å². The van der Waals surface area contributed by atoms with E-state index in [1.807, 2.05) is 25.3 Å². The molecule has 1 atom stereocenters. The van der Waals surface area contributed by atoms with Crippen molar-refractivity contribution in [1.82, 2.24) is 9.55 Å². The molecule has 0 bridgehead atoms. The van der Waals surface area contributed by atoms with Crippen LogP contribution in [0.25, 0.3) is 10.9 Å². The van der Waals surface area contributed by atoms with E-state index in [0.29, 0.717) is 16.8 Å². The van der Waals surface area contributed by atoms with E-state index in [-0.39, 0.29) is 5.97 Å². The van der Waals surface area contributed by atoms with Gasteiger partial charge in [0.25, 0.3) is 0 Å². The van der Waals surface area contributed by atoms with Gasteiger partial charge in [0.2, 0.25) is 6.73 Å². The maximum absolute atomic E-state index is 12.9. The summed E-state index contributed by atoms with van der Waals surface area (Å²) in [6, 6.07) is 19.1. The van der Waals surface area contributed by atoms with Gasteiger partial charge in [0.1, 0.15) is 6.54 Å². The lowest BCUT2D eigenvalue weighted by atomic mass is 10.0. The van der Waals surface area contributed by atoms with Crippen molar-refractivity contribution in [3.8, 4) is 0 Å². The minimum Gasteiger partial charge on any atom is -0.411 e. The molecule has 0 amide bonds. The Hall–Kier alpha value is -3.44. The molecule has 2 aromatic carbocycles. The van der Waals surface area contributed by atoms with Crippen molar-refractivity contribution in [2.24, 2.45) is 0 Å². The van der Waals surface area contributed by atoms with Gasteiger partial charge in [-0.15, -0.1) is 0 Å². The molecule has 0 saturated carbocycles. The molecule has 5 rings (SSSR count). The fraction of sp³-hybridized carbons (Fsp3) is 0.429. The molecule has 5 heteroatoms. The normalized spacial score (nSPS) is 16.7. The summed E-state index contributed by atoms with van der Waals surface area (Å²) < 4.78 is 9.13. The molecule has 5 nitrogen and oxygen atoms in total. The van der Waals surface area contributed by atoms with Gasteiger partial charge in [-0.25, -0.2) is 4.79 Å². The second-order valence-electron chi connectivity index (χ2n) is 12.0. The summed E-state index contributed by atoms with van der Waals surface area (Å²) in [5, 5.41) is 1.34. The van der Waals surface area contributed by atoms with Crippen LogP contribution in [0.2, 0.25) is 0 Å². The highest BCUT2D eigenvalue weighted by molar-refractivity contribution is 5.89. The lowest BCUT2D eigenvalue weighted by Gasteiger charge is -2.37. The Labute approximate surface area is 239 Å². The summed E-state index contributed by atoms with van der Waals surface area (Å²) >= 11 is 0. The lowest BCUT2D eigenvalue weighted by Crippen LogP contribution is -2.49. The Balaban J connectivity index is 1.27. The number of fused-ring (bicyclic) bond motifs is 3. The average molecular weight is 539 g/mol. The topological polar surface area (TPSA) is 44.1 Å². The van der Waals surface area contributed by atoms with Crippen LogP contribution in [-0.4, -0.2) is 40.3 Å². The second-order valence-corrected chi connectivity index (χ2v) is 12.0. The van der Waals surface area contributed by atoms with Crippen molar-refractivity contribution in [2.45, 2.75) is 78.8 Å². The smallest absolute Gasteiger partial charge is 0.342 e. The predicted octanol–water partition coefficient (Wildman–Crippen LogP) is 7.34. The SMILES string of the molecule is CCCCCCc1ccc(C(=O)OC[N+]2(C)CCc3c(c4cc(C)ccc4n3CCc3ccc(C)nc3)C2)cc1. The number of esters is 1. The molecule has 3 heterocycles. The quantitative estimate of drug-likeness (QED) is 0.114. The number of hydrogen-bond acceptors (Lipinski definition) is 3. The number of carbonyl (C=O) groups is 1. The second kappa shape index (κ2) is 12.4. The van der Waals surface area contributed by atoms with E-state index in [2.05, 4.69) is 72.9 Å². The Kier molecular flexibility index (Phi) is 8.70. The van der Waals surface area contributed by atoms with E-state index in [0.717, 1.165) is 44.6 Å². The van der Waals surface area contributed by atoms with Crippen molar-refractivity contribution in [2.75, 3.05) is 20.3 Å². The van der Waals surface area contributed by atoms with Crippen molar-refractivity contribution in [1.29, 1.82) is 0 Å². The van der Waals surface area contributed by atoms with E-state index in [9.17, 15) is 4.79 Å². The van der Waals surface area contributed by atoms with Gasteiger partial charge in [0, 0.05) is 47.0 Å². The maximum atomic E-state index is 12.9. The molecule has 0 fully saturated rings. The highest BCUT2D eigenvalue weighted by atomic mass is 16.5. The van der Waals surface area contributed by atoms with Gasteiger partial charge in [-0.1, -0.05) is 56.0 Å². The summed E-state index contributed by atoms with van der Waals surface area (Å²) in [7, 11) is 2.21. The van der Waals surface area contributed by atoms with Crippen LogP contribution in [-0.2, 0) is 37.1 Å². The average Bonchev–Trinajstić information content (AvgIpc) is 3.25. The molecule has 4 aromatic rings. The van der Waals surface area contributed by atoms with Gasteiger partial charge >= 0.3 is 5.97 Å². The number of ether oxygens (including phenoxy) is 1. The van der Waals surface area contributed by atoms with Crippen LogP contribution in [0.3, 0.4) is 0 Å². The van der Waals surface area contributed by atoms with Gasteiger partial charge in [-0.05, 0) is 74.6 Å². The Morgan fingerprint density at radius 2 is 1.77 bits per heavy atom. The number of carbonyl (C=O) groups excluding carboxylic acids is 1. The summed E-state index contributed by atoms with van der Waals surface area (Å²) in [5.74, 6) is -0.229.